The molecule has 0 aliphatic carbocycles. The smallest absolute Gasteiger partial charge is 0.410 e. The topological polar surface area (TPSA) is 68.2 Å². The van der Waals surface area contributed by atoms with Crippen LogP contribution in [0.4, 0.5) is 19.0 Å². The van der Waals surface area contributed by atoms with Gasteiger partial charge in [0.05, 0.1) is 19.3 Å². The van der Waals surface area contributed by atoms with Crippen LogP contribution in [0.25, 0.3) is 0 Å². The highest BCUT2D eigenvalue weighted by atomic mass is 19.4. The molecule has 9 heteroatoms. The maximum absolute atomic E-state index is 13.7. The molecule has 2 atom stereocenters. The Morgan fingerprint density at radius 3 is 2.89 bits per heavy atom. The standard InChI is InChI=1S/C19H23F3N4O2/c1-3-4-8-23-18(27)14-11-24-26-16(19(20,21)22)10-15(25-17(14)26)12-6-5-7-13(9-12)28-2/h5-7,9,11,15-16,25H,3-4,8,10H2,1-2H3,(H,23,27)/t15-,16+/m0/s1. The van der Waals surface area contributed by atoms with Crippen LogP contribution in [-0.2, 0) is 0 Å². The Hall–Kier alpha value is -2.71. The fourth-order valence-corrected chi connectivity index (χ4v) is 3.28. The highest BCUT2D eigenvalue weighted by molar-refractivity contribution is 5.98. The number of anilines is 1. The van der Waals surface area contributed by atoms with E-state index >= 15 is 0 Å². The minimum absolute atomic E-state index is 0.0791. The van der Waals surface area contributed by atoms with Crippen LogP contribution in [0.5, 0.6) is 5.75 Å². The number of carbonyl (C=O) groups is 1. The molecule has 28 heavy (non-hydrogen) atoms. The molecule has 152 valence electrons. The van der Waals surface area contributed by atoms with Crippen molar-refractivity contribution >= 4 is 11.7 Å². The molecule has 0 unspecified atom stereocenters. The van der Waals surface area contributed by atoms with E-state index in [1.54, 1.807) is 24.3 Å². The molecule has 2 aromatic rings. The summed E-state index contributed by atoms with van der Waals surface area (Å²) in [5.41, 5.74) is 0.761. The Kier molecular flexibility index (Phi) is 5.81. The summed E-state index contributed by atoms with van der Waals surface area (Å²) in [5, 5.41) is 9.66. The van der Waals surface area contributed by atoms with Gasteiger partial charge in [0, 0.05) is 13.0 Å². The fraction of sp³-hybridized carbons (Fsp3) is 0.474. The second-order valence-electron chi connectivity index (χ2n) is 6.73. The number of amides is 1. The van der Waals surface area contributed by atoms with Gasteiger partial charge in [-0.25, -0.2) is 4.68 Å². The second-order valence-corrected chi connectivity index (χ2v) is 6.73. The van der Waals surface area contributed by atoms with E-state index in [1.165, 1.54) is 13.3 Å². The summed E-state index contributed by atoms with van der Waals surface area (Å²) in [6.45, 7) is 2.45. The molecule has 6 nitrogen and oxygen atoms in total. The number of hydrogen-bond donors (Lipinski definition) is 2. The summed E-state index contributed by atoms with van der Waals surface area (Å²) in [7, 11) is 1.50. The number of unbranched alkanes of at least 4 members (excludes halogenated alkanes) is 1. The third kappa shape index (κ3) is 4.07. The van der Waals surface area contributed by atoms with Crippen LogP contribution in [0, 0.1) is 0 Å². The van der Waals surface area contributed by atoms with Crippen LogP contribution in [-0.4, -0.2) is 35.5 Å². The van der Waals surface area contributed by atoms with Crippen LogP contribution >= 0.6 is 0 Å². The van der Waals surface area contributed by atoms with Crippen molar-refractivity contribution in [2.75, 3.05) is 19.0 Å². The van der Waals surface area contributed by atoms with Gasteiger partial charge in [-0.15, -0.1) is 0 Å². The Labute approximate surface area is 161 Å². The number of nitrogens with one attached hydrogen (secondary N) is 2. The molecule has 0 radical (unpaired) electrons. The van der Waals surface area contributed by atoms with E-state index in [0.29, 0.717) is 17.9 Å². The zero-order valence-corrected chi connectivity index (χ0v) is 15.7. The lowest BCUT2D eigenvalue weighted by Crippen LogP contribution is -2.36. The molecule has 0 saturated heterocycles. The molecule has 1 aliphatic rings. The van der Waals surface area contributed by atoms with Crippen LogP contribution in [0.15, 0.2) is 30.5 Å². The second kappa shape index (κ2) is 8.12. The Balaban J connectivity index is 1.95. The summed E-state index contributed by atoms with van der Waals surface area (Å²) in [4.78, 5) is 12.4. The van der Waals surface area contributed by atoms with Crippen molar-refractivity contribution in [3.05, 3.63) is 41.6 Å². The van der Waals surface area contributed by atoms with Crippen molar-refractivity contribution in [2.24, 2.45) is 0 Å². The van der Waals surface area contributed by atoms with Crippen LogP contribution in [0.2, 0.25) is 0 Å². The number of benzene rings is 1. The Bertz CT molecular complexity index is 835. The van der Waals surface area contributed by atoms with E-state index < -0.39 is 24.2 Å². The lowest BCUT2D eigenvalue weighted by Gasteiger charge is -2.34. The summed E-state index contributed by atoms with van der Waals surface area (Å²) >= 11 is 0. The molecule has 0 spiro atoms. The summed E-state index contributed by atoms with van der Waals surface area (Å²) in [6.07, 6.45) is -1.84. The average Bonchev–Trinajstić information content (AvgIpc) is 3.10. The number of alkyl halides is 3. The zero-order valence-electron chi connectivity index (χ0n) is 15.7. The predicted octanol–water partition coefficient (Wildman–Crippen LogP) is 4.08. The van der Waals surface area contributed by atoms with E-state index in [9.17, 15) is 18.0 Å². The van der Waals surface area contributed by atoms with Gasteiger partial charge >= 0.3 is 6.18 Å². The van der Waals surface area contributed by atoms with E-state index in [1.807, 2.05) is 6.92 Å². The lowest BCUT2D eigenvalue weighted by molar-refractivity contribution is -0.173. The summed E-state index contributed by atoms with van der Waals surface area (Å²) < 4.78 is 47.1. The highest BCUT2D eigenvalue weighted by Gasteiger charge is 2.47. The van der Waals surface area contributed by atoms with Gasteiger partial charge in [-0.05, 0) is 24.1 Å². The first-order chi connectivity index (χ1) is 13.3. The normalized spacial score (nSPS) is 18.9. The number of methoxy groups -OCH3 is 1. The number of ether oxygens (including phenoxy) is 1. The van der Waals surface area contributed by atoms with Gasteiger partial charge in [-0.2, -0.15) is 18.3 Å². The monoisotopic (exact) mass is 396 g/mol. The lowest BCUT2D eigenvalue weighted by atomic mass is 9.96. The first-order valence-electron chi connectivity index (χ1n) is 9.18. The predicted molar refractivity (Wildman–Crippen MR) is 98.5 cm³/mol. The molecule has 2 N–H and O–H groups in total. The van der Waals surface area contributed by atoms with Gasteiger partial charge in [0.25, 0.3) is 5.91 Å². The van der Waals surface area contributed by atoms with Gasteiger partial charge < -0.3 is 15.4 Å². The van der Waals surface area contributed by atoms with Crippen LogP contribution < -0.4 is 15.4 Å². The van der Waals surface area contributed by atoms with Crippen molar-refractivity contribution in [2.45, 2.75) is 44.4 Å². The van der Waals surface area contributed by atoms with Crippen molar-refractivity contribution in [1.29, 1.82) is 0 Å². The fourth-order valence-electron chi connectivity index (χ4n) is 3.28. The number of nitrogens with zero attached hydrogens (tertiary/aromatic N) is 2. The van der Waals surface area contributed by atoms with Crippen LogP contribution in [0.3, 0.4) is 0 Å². The number of carbonyl (C=O) groups excluding carboxylic acids is 1. The number of hydrogen-bond acceptors (Lipinski definition) is 4. The molecular formula is C19H23F3N4O2. The molecule has 1 aliphatic heterocycles. The number of rotatable bonds is 6. The largest absolute Gasteiger partial charge is 0.497 e. The molecule has 3 rings (SSSR count). The first-order valence-corrected chi connectivity index (χ1v) is 9.18. The highest BCUT2D eigenvalue weighted by Crippen LogP contribution is 2.44. The molecule has 1 amide bonds. The molecule has 1 aromatic carbocycles. The van der Waals surface area contributed by atoms with Gasteiger partial charge in [0.15, 0.2) is 6.04 Å². The maximum Gasteiger partial charge on any atom is 0.410 e. The summed E-state index contributed by atoms with van der Waals surface area (Å²) in [5.74, 6) is 0.198. The SMILES string of the molecule is CCCCNC(=O)c1cnn2c1N[C@H](c1cccc(OC)c1)C[C@@H]2C(F)(F)F. The first kappa shape index (κ1) is 20.0. The molecule has 0 fully saturated rings. The maximum atomic E-state index is 13.7. The van der Waals surface area contributed by atoms with Gasteiger partial charge in [-0.3, -0.25) is 4.79 Å². The van der Waals surface area contributed by atoms with Crippen molar-refractivity contribution in [3.8, 4) is 5.75 Å². The van der Waals surface area contributed by atoms with Gasteiger partial charge in [0.2, 0.25) is 0 Å². The van der Waals surface area contributed by atoms with Crippen molar-refractivity contribution in [1.82, 2.24) is 15.1 Å². The van der Waals surface area contributed by atoms with Crippen molar-refractivity contribution < 1.29 is 22.7 Å². The summed E-state index contributed by atoms with van der Waals surface area (Å²) in [6, 6.07) is 4.43. The number of fused-ring (bicyclic) bond motifs is 1. The van der Waals surface area contributed by atoms with E-state index in [-0.39, 0.29) is 17.8 Å². The molecule has 0 saturated carbocycles. The third-order valence-electron chi connectivity index (χ3n) is 4.80. The number of halogens is 3. The molecule has 0 bridgehead atoms. The molecule has 2 heterocycles. The van der Waals surface area contributed by atoms with E-state index in [0.717, 1.165) is 17.5 Å². The third-order valence-corrected chi connectivity index (χ3v) is 4.80. The zero-order chi connectivity index (χ0) is 20.3. The molecular weight excluding hydrogens is 373 g/mol. The quantitative estimate of drug-likeness (QED) is 0.722. The minimum Gasteiger partial charge on any atom is -0.497 e. The minimum atomic E-state index is -4.49. The van der Waals surface area contributed by atoms with E-state index in [2.05, 4.69) is 15.7 Å². The van der Waals surface area contributed by atoms with Crippen molar-refractivity contribution in [3.63, 3.8) is 0 Å². The Morgan fingerprint density at radius 1 is 1.43 bits per heavy atom. The average molecular weight is 396 g/mol. The van der Waals surface area contributed by atoms with E-state index in [4.69, 9.17) is 4.74 Å². The van der Waals surface area contributed by atoms with Gasteiger partial charge in [0.1, 0.15) is 17.1 Å². The van der Waals surface area contributed by atoms with Crippen LogP contribution in [0.1, 0.15) is 54.2 Å². The Morgan fingerprint density at radius 2 is 2.21 bits per heavy atom. The molecule has 1 aromatic heterocycles. The van der Waals surface area contributed by atoms with Gasteiger partial charge in [-0.1, -0.05) is 25.5 Å². The number of aromatic nitrogens is 2.